The number of aliphatic hydroxyl groups excluding tert-OH is 1. The Kier molecular flexibility index (Phi) is 3.35. The van der Waals surface area contributed by atoms with Crippen LogP contribution in [0, 0.1) is 12.8 Å². The van der Waals surface area contributed by atoms with Gasteiger partial charge in [0.15, 0.2) is 0 Å². The Morgan fingerprint density at radius 1 is 1.45 bits per heavy atom. The molecule has 3 atom stereocenters. The molecule has 1 aliphatic heterocycles. The average molecular weight is 296 g/mol. The van der Waals surface area contributed by atoms with E-state index in [-0.39, 0.29) is 6.61 Å². The molecule has 22 heavy (non-hydrogen) atoms. The molecule has 1 aliphatic carbocycles. The minimum atomic E-state index is 0.284. The quantitative estimate of drug-likeness (QED) is 0.855. The first kappa shape index (κ1) is 14.0. The molecule has 2 aromatic rings. The predicted molar refractivity (Wildman–Crippen MR) is 90.2 cm³/mol. The van der Waals surface area contributed by atoms with Crippen LogP contribution in [0.15, 0.2) is 30.9 Å². The third-order valence-electron chi connectivity index (χ3n) is 5.62. The highest BCUT2D eigenvalue weighted by molar-refractivity contribution is 5.89. The minimum absolute atomic E-state index is 0.284. The van der Waals surface area contributed by atoms with Gasteiger partial charge >= 0.3 is 0 Å². The Bertz CT molecular complexity index is 718. The minimum Gasteiger partial charge on any atom is -0.396 e. The zero-order valence-electron chi connectivity index (χ0n) is 13.2. The molecule has 2 N–H and O–H groups in total. The van der Waals surface area contributed by atoms with Crippen LogP contribution in [0.25, 0.3) is 10.9 Å². The van der Waals surface area contributed by atoms with E-state index in [2.05, 4.69) is 41.6 Å². The number of aliphatic hydroxyl groups is 1. The van der Waals surface area contributed by atoms with Crippen molar-refractivity contribution >= 4 is 10.9 Å². The predicted octanol–water partition coefficient (Wildman–Crippen LogP) is 2.98. The maximum atomic E-state index is 9.70. The molecule has 0 unspecified atom stereocenters. The van der Waals surface area contributed by atoms with Gasteiger partial charge in [-0.15, -0.1) is 6.58 Å². The lowest BCUT2D eigenvalue weighted by molar-refractivity contribution is 0.0660. The molecule has 4 rings (SSSR count). The van der Waals surface area contributed by atoms with E-state index in [9.17, 15) is 5.11 Å². The summed E-state index contributed by atoms with van der Waals surface area (Å²) in [5.74, 6) is 0.898. The molecule has 1 aromatic carbocycles. The molecule has 3 heteroatoms. The van der Waals surface area contributed by atoms with Gasteiger partial charge in [-0.3, -0.25) is 4.90 Å². The second-order valence-corrected chi connectivity index (χ2v) is 6.90. The van der Waals surface area contributed by atoms with Crippen LogP contribution in [0.1, 0.15) is 29.2 Å². The lowest BCUT2D eigenvalue weighted by Crippen LogP contribution is -2.50. The molecular weight excluding hydrogens is 272 g/mol. The summed E-state index contributed by atoms with van der Waals surface area (Å²) >= 11 is 0. The number of nitrogens with one attached hydrogen (secondary N) is 1. The Morgan fingerprint density at radius 2 is 2.32 bits per heavy atom. The van der Waals surface area contributed by atoms with E-state index in [1.54, 1.807) is 0 Å². The van der Waals surface area contributed by atoms with Crippen LogP contribution in [0.5, 0.6) is 0 Å². The lowest BCUT2D eigenvalue weighted by Gasteiger charge is -2.46. The second kappa shape index (κ2) is 5.25. The van der Waals surface area contributed by atoms with Crippen molar-refractivity contribution in [2.45, 2.75) is 31.7 Å². The Morgan fingerprint density at radius 3 is 3.09 bits per heavy atom. The molecule has 0 radical (unpaired) electrons. The summed E-state index contributed by atoms with van der Waals surface area (Å²) in [6.07, 6.45) is 4.20. The average Bonchev–Trinajstić information content (AvgIpc) is 2.85. The molecule has 2 aliphatic rings. The van der Waals surface area contributed by atoms with Crippen molar-refractivity contribution in [2.75, 3.05) is 19.7 Å². The fourth-order valence-electron chi connectivity index (χ4n) is 4.68. The van der Waals surface area contributed by atoms with Crippen LogP contribution in [0.2, 0.25) is 0 Å². The number of nitrogens with zero attached hydrogens (tertiary/aromatic N) is 1. The molecule has 116 valence electrons. The van der Waals surface area contributed by atoms with Crippen LogP contribution in [0.4, 0.5) is 0 Å². The van der Waals surface area contributed by atoms with E-state index < -0.39 is 0 Å². The highest BCUT2D eigenvalue weighted by Gasteiger charge is 2.40. The van der Waals surface area contributed by atoms with Gasteiger partial charge < -0.3 is 10.1 Å². The molecule has 3 nitrogen and oxygen atoms in total. The number of aryl methyl sites for hydroxylation is 1. The van der Waals surface area contributed by atoms with Crippen molar-refractivity contribution < 1.29 is 5.11 Å². The number of aromatic amines is 1. The van der Waals surface area contributed by atoms with Gasteiger partial charge in [-0.2, -0.15) is 0 Å². The van der Waals surface area contributed by atoms with Gasteiger partial charge in [0.2, 0.25) is 0 Å². The van der Waals surface area contributed by atoms with Crippen molar-refractivity contribution in [3.63, 3.8) is 0 Å². The first-order valence-electron chi connectivity index (χ1n) is 8.28. The van der Waals surface area contributed by atoms with E-state index in [4.69, 9.17) is 0 Å². The first-order valence-corrected chi connectivity index (χ1v) is 8.28. The summed E-state index contributed by atoms with van der Waals surface area (Å²) in [5.41, 5.74) is 5.54. The highest BCUT2D eigenvalue weighted by atomic mass is 16.3. The summed E-state index contributed by atoms with van der Waals surface area (Å²) in [4.78, 5) is 6.08. The van der Waals surface area contributed by atoms with Gasteiger partial charge in [0.25, 0.3) is 0 Å². The molecule has 0 spiro atoms. The van der Waals surface area contributed by atoms with E-state index in [1.807, 2.05) is 6.08 Å². The molecule has 1 saturated heterocycles. The van der Waals surface area contributed by atoms with Gasteiger partial charge in [-0.25, -0.2) is 0 Å². The summed E-state index contributed by atoms with van der Waals surface area (Å²) in [6.45, 7) is 8.29. The fraction of sp³-hybridized carbons (Fsp3) is 0.474. The van der Waals surface area contributed by atoms with Gasteiger partial charge in [0.1, 0.15) is 0 Å². The van der Waals surface area contributed by atoms with Crippen LogP contribution in [0.3, 0.4) is 0 Å². The van der Waals surface area contributed by atoms with Crippen LogP contribution in [-0.4, -0.2) is 40.7 Å². The normalized spacial score (nSPS) is 27.8. The summed E-state index contributed by atoms with van der Waals surface area (Å²) in [6, 6.07) is 7.18. The van der Waals surface area contributed by atoms with Crippen LogP contribution < -0.4 is 0 Å². The Balaban J connectivity index is 1.84. The number of benzene rings is 1. The summed E-state index contributed by atoms with van der Waals surface area (Å²) < 4.78 is 0. The largest absolute Gasteiger partial charge is 0.396 e. The molecule has 0 amide bonds. The molecule has 2 heterocycles. The zero-order valence-corrected chi connectivity index (χ0v) is 13.2. The van der Waals surface area contributed by atoms with Crippen LogP contribution >= 0.6 is 0 Å². The van der Waals surface area contributed by atoms with Gasteiger partial charge in [0, 0.05) is 48.3 Å². The number of piperidine rings is 1. The maximum absolute atomic E-state index is 9.70. The van der Waals surface area contributed by atoms with Gasteiger partial charge in [-0.05, 0) is 42.9 Å². The Hall–Kier alpha value is -1.58. The highest BCUT2D eigenvalue weighted by Crippen LogP contribution is 2.45. The topological polar surface area (TPSA) is 39.3 Å². The molecule has 0 saturated carbocycles. The van der Waals surface area contributed by atoms with E-state index in [0.717, 1.165) is 25.9 Å². The standard InChI is InChI=1S/C19H24N2O/c1-3-7-21-10-13(11-22)8-16-14-5-4-6-17-19(14)15(9-18(16)21)12(2)20-17/h3-6,13,16,18,20,22H,1,7-11H2,2H3/t13-,16-,18-/m1/s1. The molecular formula is C19H24N2O. The number of fused-ring (bicyclic) bond motifs is 2. The van der Waals surface area contributed by atoms with E-state index >= 15 is 0 Å². The molecule has 1 aromatic heterocycles. The van der Waals surface area contributed by atoms with Crippen molar-refractivity contribution in [1.82, 2.24) is 9.88 Å². The number of likely N-dealkylation sites (tertiary alicyclic amines) is 1. The third kappa shape index (κ3) is 1.96. The smallest absolute Gasteiger partial charge is 0.0471 e. The Labute approximate surface area is 131 Å². The fourth-order valence-corrected chi connectivity index (χ4v) is 4.68. The summed E-state index contributed by atoms with van der Waals surface area (Å²) in [5, 5.41) is 11.1. The van der Waals surface area contributed by atoms with Gasteiger partial charge in [-0.1, -0.05) is 18.2 Å². The monoisotopic (exact) mass is 296 g/mol. The zero-order chi connectivity index (χ0) is 15.3. The van der Waals surface area contributed by atoms with Gasteiger partial charge in [0.05, 0.1) is 0 Å². The lowest BCUT2D eigenvalue weighted by atomic mass is 9.72. The number of hydrogen-bond donors (Lipinski definition) is 2. The molecule has 0 bridgehead atoms. The van der Waals surface area contributed by atoms with E-state index in [0.29, 0.717) is 17.9 Å². The number of rotatable bonds is 3. The number of aromatic nitrogens is 1. The molecule has 1 fully saturated rings. The SMILES string of the molecule is C=CCN1C[C@H](CO)C[C@@H]2c3cccc4[nH]c(C)c(c34)C[C@H]21. The third-order valence-corrected chi connectivity index (χ3v) is 5.62. The van der Waals surface area contributed by atoms with Crippen molar-refractivity contribution in [1.29, 1.82) is 0 Å². The van der Waals surface area contributed by atoms with Crippen molar-refractivity contribution in [3.05, 3.63) is 47.7 Å². The van der Waals surface area contributed by atoms with Crippen LogP contribution in [-0.2, 0) is 6.42 Å². The van der Waals surface area contributed by atoms with Crippen molar-refractivity contribution in [2.24, 2.45) is 5.92 Å². The first-order chi connectivity index (χ1) is 10.7. The summed E-state index contributed by atoms with van der Waals surface area (Å²) in [7, 11) is 0. The van der Waals surface area contributed by atoms with Crippen molar-refractivity contribution in [3.8, 4) is 0 Å². The maximum Gasteiger partial charge on any atom is 0.0471 e. The number of hydrogen-bond acceptors (Lipinski definition) is 2. The number of H-pyrrole nitrogens is 1. The second-order valence-electron chi connectivity index (χ2n) is 6.90. The van der Waals surface area contributed by atoms with E-state index in [1.165, 1.54) is 27.7 Å².